The van der Waals surface area contributed by atoms with Gasteiger partial charge >= 0.3 is 0 Å². The van der Waals surface area contributed by atoms with Crippen LogP contribution in [0.2, 0.25) is 0 Å². The monoisotopic (exact) mass is 233 g/mol. The van der Waals surface area contributed by atoms with Crippen LogP contribution >= 0.6 is 15.9 Å². The van der Waals surface area contributed by atoms with E-state index in [-0.39, 0.29) is 5.75 Å². The largest absolute Gasteiger partial charge is 0.772 e. The Morgan fingerprint density at radius 2 is 2.09 bits per heavy atom. The minimum atomic E-state index is -2.01. The Morgan fingerprint density at radius 3 is 2.64 bits per heavy atom. The number of rotatable bonds is 2. The molecule has 0 aliphatic rings. The van der Waals surface area contributed by atoms with E-state index in [1.54, 1.807) is 6.07 Å². The maximum atomic E-state index is 10.3. The minimum Gasteiger partial charge on any atom is -0.772 e. The summed E-state index contributed by atoms with van der Waals surface area (Å²) in [5, 5.41) is 0. The van der Waals surface area contributed by atoms with Gasteiger partial charge in [-0.2, -0.15) is 0 Å². The van der Waals surface area contributed by atoms with Crippen LogP contribution in [0, 0.1) is 0 Å². The second-order valence-electron chi connectivity index (χ2n) is 2.04. The van der Waals surface area contributed by atoms with E-state index in [1.165, 1.54) is 0 Å². The second-order valence-corrected chi connectivity index (χ2v) is 3.79. The summed E-state index contributed by atoms with van der Waals surface area (Å²) in [7, 11) is 0. The summed E-state index contributed by atoms with van der Waals surface area (Å²) >= 11 is 1.24. The van der Waals surface area contributed by atoms with Crippen molar-refractivity contribution in [2.45, 2.75) is 5.75 Å². The molecule has 0 heterocycles. The van der Waals surface area contributed by atoms with Gasteiger partial charge in [-0.15, -0.1) is 0 Å². The molecule has 0 amide bonds. The van der Waals surface area contributed by atoms with Gasteiger partial charge < -0.3 is 4.55 Å². The van der Waals surface area contributed by atoms with E-state index in [4.69, 9.17) is 0 Å². The van der Waals surface area contributed by atoms with Crippen molar-refractivity contribution in [3.8, 4) is 0 Å². The van der Waals surface area contributed by atoms with Gasteiger partial charge in [-0.05, 0) is 11.6 Å². The van der Waals surface area contributed by atoms with Gasteiger partial charge in [0, 0.05) is 10.2 Å². The fourth-order valence-corrected chi connectivity index (χ4v) is 1.86. The number of hydrogen-bond donors (Lipinski definition) is 0. The lowest BCUT2D eigenvalue weighted by Crippen LogP contribution is -1.93. The highest BCUT2D eigenvalue weighted by Gasteiger charge is 1.96. The Balaban J connectivity index is 2.86. The third kappa shape index (κ3) is 2.73. The van der Waals surface area contributed by atoms with Gasteiger partial charge in [0.2, 0.25) is 0 Å². The summed E-state index contributed by atoms with van der Waals surface area (Å²) in [5.41, 5.74) is 0.792. The summed E-state index contributed by atoms with van der Waals surface area (Å²) in [6.07, 6.45) is 0. The van der Waals surface area contributed by atoms with Crippen molar-refractivity contribution in [1.29, 1.82) is 0 Å². The van der Waals surface area contributed by atoms with Crippen LogP contribution in [0.3, 0.4) is 0 Å². The first kappa shape index (κ1) is 8.90. The van der Waals surface area contributed by atoms with Crippen LogP contribution < -0.4 is 0 Å². The highest BCUT2D eigenvalue weighted by Crippen LogP contribution is 2.16. The number of hydrogen-bond acceptors (Lipinski definition) is 2. The van der Waals surface area contributed by atoms with Crippen LogP contribution in [0.4, 0.5) is 0 Å². The molecule has 0 spiro atoms. The Hall–Kier alpha value is -0.190. The number of halogens is 1. The van der Waals surface area contributed by atoms with Crippen molar-refractivity contribution < 1.29 is 8.76 Å². The van der Waals surface area contributed by atoms with Crippen molar-refractivity contribution in [2.75, 3.05) is 0 Å². The zero-order valence-electron chi connectivity index (χ0n) is 5.62. The van der Waals surface area contributed by atoms with Crippen molar-refractivity contribution in [3.63, 3.8) is 0 Å². The standard InChI is InChI=1S/C7H7BrO2S/c8-7-4-2-1-3-6(7)5-11(9)10/h1-4H,5H2,(H,9,10)/p-1. The predicted molar refractivity (Wildman–Crippen MR) is 46.8 cm³/mol. The van der Waals surface area contributed by atoms with E-state index < -0.39 is 11.1 Å². The Morgan fingerprint density at radius 1 is 1.45 bits per heavy atom. The van der Waals surface area contributed by atoms with Gasteiger partial charge in [-0.1, -0.05) is 45.2 Å². The summed E-state index contributed by atoms with van der Waals surface area (Å²) in [6, 6.07) is 7.26. The average Bonchev–Trinajstić information content (AvgIpc) is 1.93. The fraction of sp³-hybridized carbons (Fsp3) is 0.143. The zero-order chi connectivity index (χ0) is 8.27. The Labute approximate surface area is 76.0 Å². The molecule has 11 heavy (non-hydrogen) atoms. The molecule has 1 aromatic rings. The first-order valence-corrected chi connectivity index (χ1v) is 5.03. The summed E-state index contributed by atoms with van der Waals surface area (Å²) < 4.78 is 21.4. The van der Waals surface area contributed by atoms with E-state index in [0.717, 1.165) is 10.0 Å². The lowest BCUT2D eigenvalue weighted by atomic mass is 10.2. The molecule has 0 aliphatic heterocycles. The van der Waals surface area contributed by atoms with Gasteiger partial charge in [-0.3, -0.25) is 4.21 Å². The first-order chi connectivity index (χ1) is 5.20. The SMILES string of the molecule is O=S([O-])Cc1ccccc1Br. The predicted octanol–water partition coefficient (Wildman–Crippen LogP) is 1.83. The molecule has 0 radical (unpaired) electrons. The van der Waals surface area contributed by atoms with Crippen molar-refractivity contribution in [1.82, 2.24) is 0 Å². The molecule has 0 aromatic heterocycles. The molecule has 4 heteroatoms. The summed E-state index contributed by atoms with van der Waals surface area (Å²) in [6.45, 7) is 0. The molecule has 0 N–H and O–H groups in total. The molecule has 1 rings (SSSR count). The molecule has 0 fully saturated rings. The van der Waals surface area contributed by atoms with E-state index in [2.05, 4.69) is 15.9 Å². The van der Waals surface area contributed by atoms with Crippen LogP contribution in [-0.4, -0.2) is 8.76 Å². The van der Waals surface area contributed by atoms with Gasteiger partial charge in [0.15, 0.2) is 0 Å². The third-order valence-electron chi connectivity index (χ3n) is 1.23. The van der Waals surface area contributed by atoms with Gasteiger partial charge in [0.1, 0.15) is 0 Å². The molecular formula is C7H6BrO2S-. The van der Waals surface area contributed by atoms with Gasteiger partial charge in [0.05, 0.1) is 0 Å². The molecular weight excluding hydrogens is 228 g/mol. The van der Waals surface area contributed by atoms with Crippen molar-refractivity contribution >= 4 is 27.0 Å². The lowest BCUT2D eigenvalue weighted by Gasteiger charge is -2.05. The van der Waals surface area contributed by atoms with Crippen LogP contribution in [0.15, 0.2) is 28.7 Å². The molecule has 0 saturated heterocycles. The average molecular weight is 234 g/mol. The summed E-state index contributed by atoms with van der Waals surface area (Å²) in [4.78, 5) is 0. The molecule has 0 saturated carbocycles. The van der Waals surface area contributed by atoms with E-state index in [1.807, 2.05) is 18.2 Å². The molecule has 0 aliphatic carbocycles. The topological polar surface area (TPSA) is 40.1 Å². The van der Waals surface area contributed by atoms with Crippen molar-refractivity contribution in [3.05, 3.63) is 34.3 Å². The quantitative estimate of drug-likeness (QED) is 0.732. The maximum Gasteiger partial charge on any atom is 0.0364 e. The number of benzene rings is 1. The van der Waals surface area contributed by atoms with Crippen LogP contribution in [0.1, 0.15) is 5.56 Å². The molecule has 1 unspecified atom stereocenters. The van der Waals surface area contributed by atoms with Gasteiger partial charge in [-0.25, -0.2) is 0 Å². The fourth-order valence-electron chi connectivity index (χ4n) is 0.742. The minimum absolute atomic E-state index is 0.0709. The Kier molecular flexibility index (Phi) is 3.23. The molecule has 0 bridgehead atoms. The van der Waals surface area contributed by atoms with Crippen LogP contribution in [-0.2, 0) is 16.8 Å². The zero-order valence-corrected chi connectivity index (χ0v) is 8.02. The van der Waals surface area contributed by atoms with E-state index in [0.29, 0.717) is 0 Å². The van der Waals surface area contributed by atoms with Crippen molar-refractivity contribution in [2.24, 2.45) is 0 Å². The molecule has 2 nitrogen and oxygen atoms in total. The van der Waals surface area contributed by atoms with Gasteiger partial charge in [0.25, 0.3) is 0 Å². The first-order valence-electron chi connectivity index (χ1n) is 2.99. The molecule has 1 atom stereocenters. The lowest BCUT2D eigenvalue weighted by molar-refractivity contribution is 0.536. The normalized spacial score (nSPS) is 12.9. The highest BCUT2D eigenvalue weighted by atomic mass is 79.9. The summed E-state index contributed by atoms with van der Waals surface area (Å²) in [5.74, 6) is 0.0709. The van der Waals surface area contributed by atoms with E-state index >= 15 is 0 Å². The smallest absolute Gasteiger partial charge is 0.0364 e. The maximum absolute atomic E-state index is 10.3. The van der Waals surface area contributed by atoms with E-state index in [9.17, 15) is 8.76 Å². The van der Waals surface area contributed by atoms with Crippen LogP contribution in [0.25, 0.3) is 0 Å². The third-order valence-corrected chi connectivity index (χ3v) is 2.55. The molecule has 60 valence electrons. The second kappa shape index (κ2) is 3.99. The highest BCUT2D eigenvalue weighted by molar-refractivity contribution is 9.10. The Bertz CT molecular complexity index is 275. The molecule has 1 aromatic carbocycles. The van der Waals surface area contributed by atoms with Crippen LogP contribution in [0.5, 0.6) is 0 Å².